The van der Waals surface area contributed by atoms with Crippen LogP contribution >= 0.6 is 22.9 Å². The number of carbonyl (C=O) groups is 2. The zero-order valence-corrected chi connectivity index (χ0v) is 12.7. The number of rotatable bonds is 3. The van der Waals surface area contributed by atoms with Gasteiger partial charge in [0.25, 0.3) is 11.8 Å². The van der Waals surface area contributed by atoms with Gasteiger partial charge in [0.15, 0.2) is 0 Å². The third kappa shape index (κ3) is 2.79. The first kappa shape index (κ1) is 14.5. The summed E-state index contributed by atoms with van der Waals surface area (Å²) in [5, 5.41) is 4.00. The van der Waals surface area contributed by atoms with Crippen molar-refractivity contribution in [2.24, 2.45) is 5.73 Å². The van der Waals surface area contributed by atoms with E-state index in [2.05, 4.69) is 10.3 Å². The number of nitrogens with one attached hydrogen (secondary N) is 1. The van der Waals surface area contributed by atoms with Crippen molar-refractivity contribution in [1.82, 2.24) is 4.98 Å². The number of hydrogen-bond acceptors (Lipinski definition) is 4. The van der Waals surface area contributed by atoms with Crippen molar-refractivity contribution >= 4 is 50.5 Å². The Morgan fingerprint density at radius 1 is 1.18 bits per heavy atom. The highest BCUT2D eigenvalue weighted by Crippen LogP contribution is 2.28. The molecular formula is C15H10ClN3O2S. The number of thiophene rings is 1. The maximum absolute atomic E-state index is 12.3. The lowest BCUT2D eigenvalue weighted by Crippen LogP contribution is -2.11. The topological polar surface area (TPSA) is 85.1 Å². The first-order valence-corrected chi connectivity index (χ1v) is 7.48. The summed E-state index contributed by atoms with van der Waals surface area (Å²) in [6.07, 6.45) is 3.00. The summed E-state index contributed by atoms with van der Waals surface area (Å²) in [6, 6.07) is 8.45. The SMILES string of the molecule is NC(=O)c1cncc2sc(C(=O)Nc3ccc(Cl)cc3)cc12. The van der Waals surface area contributed by atoms with Gasteiger partial charge in [-0.2, -0.15) is 0 Å². The summed E-state index contributed by atoms with van der Waals surface area (Å²) in [5.74, 6) is -0.834. The molecule has 0 unspecified atom stereocenters. The minimum Gasteiger partial charge on any atom is -0.366 e. The molecule has 0 radical (unpaired) electrons. The molecule has 2 aromatic heterocycles. The van der Waals surface area contributed by atoms with Crippen LogP contribution in [0.2, 0.25) is 5.02 Å². The van der Waals surface area contributed by atoms with Crippen LogP contribution in [-0.4, -0.2) is 16.8 Å². The number of nitrogens with zero attached hydrogens (tertiary/aromatic N) is 1. The maximum Gasteiger partial charge on any atom is 0.265 e. The molecule has 110 valence electrons. The highest BCUT2D eigenvalue weighted by molar-refractivity contribution is 7.21. The first-order valence-electron chi connectivity index (χ1n) is 6.29. The Kier molecular flexibility index (Phi) is 3.79. The van der Waals surface area contributed by atoms with Crippen molar-refractivity contribution in [3.63, 3.8) is 0 Å². The average Bonchev–Trinajstić information content (AvgIpc) is 2.93. The molecule has 22 heavy (non-hydrogen) atoms. The van der Waals surface area contributed by atoms with Crippen LogP contribution < -0.4 is 11.1 Å². The molecule has 1 aromatic carbocycles. The monoisotopic (exact) mass is 331 g/mol. The van der Waals surface area contributed by atoms with Gasteiger partial charge in [0.05, 0.1) is 15.1 Å². The van der Waals surface area contributed by atoms with E-state index in [9.17, 15) is 9.59 Å². The quantitative estimate of drug-likeness (QED) is 0.772. The summed E-state index contributed by atoms with van der Waals surface area (Å²) < 4.78 is 0.734. The largest absolute Gasteiger partial charge is 0.366 e. The Morgan fingerprint density at radius 3 is 2.59 bits per heavy atom. The lowest BCUT2D eigenvalue weighted by molar-refractivity contribution is 0.0998. The Bertz CT molecular complexity index is 874. The number of nitrogens with two attached hydrogens (primary N) is 1. The zero-order valence-electron chi connectivity index (χ0n) is 11.2. The minimum absolute atomic E-state index is 0.265. The second kappa shape index (κ2) is 5.75. The average molecular weight is 332 g/mol. The molecule has 0 aliphatic heterocycles. The smallest absolute Gasteiger partial charge is 0.265 e. The number of halogens is 1. The van der Waals surface area contributed by atoms with Crippen LogP contribution in [0.4, 0.5) is 5.69 Å². The van der Waals surface area contributed by atoms with Gasteiger partial charge in [-0.15, -0.1) is 11.3 Å². The zero-order chi connectivity index (χ0) is 15.7. The normalized spacial score (nSPS) is 10.6. The maximum atomic E-state index is 12.3. The van der Waals surface area contributed by atoms with Crippen LogP contribution in [0.15, 0.2) is 42.7 Å². The number of amides is 2. The fourth-order valence-corrected chi connectivity index (χ4v) is 3.07. The summed E-state index contributed by atoms with van der Waals surface area (Å²) in [4.78, 5) is 28.1. The minimum atomic E-state index is -0.569. The third-order valence-corrected chi connectivity index (χ3v) is 4.36. The molecule has 5 nitrogen and oxygen atoms in total. The third-order valence-electron chi connectivity index (χ3n) is 3.04. The lowest BCUT2D eigenvalue weighted by Gasteiger charge is -2.02. The van der Waals surface area contributed by atoms with Crippen LogP contribution in [0.3, 0.4) is 0 Å². The van der Waals surface area contributed by atoms with Crippen LogP contribution in [-0.2, 0) is 0 Å². The number of aromatic nitrogens is 1. The molecule has 0 saturated heterocycles. The van der Waals surface area contributed by atoms with Gasteiger partial charge in [-0.1, -0.05) is 11.6 Å². The van der Waals surface area contributed by atoms with Gasteiger partial charge in [-0.3, -0.25) is 14.6 Å². The van der Waals surface area contributed by atoms with E-state index in [1.54, 1.807) is 36.5 Å². The van der Waals surface area contributed by atoms with E-state index in [1.807, 2.05) is 0 Å². The molecule has 2 amide bonds. The number of anilines is 1. The van der Waals surface area contributed by atoms with Gasteiger partial charge in [-0.05, 0) is 30.3 Å². The number of pyridine rings is 1. The molecule has 0 aliphatic rings. The summed E-state index contributed by atoms with van der Waals surface area (Å²) >= 11 is 7.06. The lowest BCUT2D eigenvalue weighted by atomic mass is 10.2. The molecule has 3 aromatic rings. The van der Waals surface area contributed by atoms with Crippen molar-refractivity contribution in [2.75, 3.05) is 5.32 Å². The van der Waals surface area contributed by atoms with Gasteiger partial charge in [0, 0.05) is 28.5 Å². The molecule has 3 N–H and O–H groups in total. The van der Waals surface area contributed by atoms with Crippen molar-refractivity contribution in [3.05, 3.63) is 58.2 Å². The molecule has 0 spiro atoms. The number of benzene rings is 1. The highest BCUT2D eigenvalue weighted by Gasteiger charge is 2.15. The summed E-state index contributed by atoms with van der Waals surface area (Å²) in [5.41, 5.74) is 6.26. The fourth-order valence-electron chi connectivity index (χ4n) is 1.99. The van der Waals surface area contributed by atoms with E-state index in [0.29, 0.717) is 26.5 Å². The van der Waals surface area contributed by atoms with E-state index >= 15 is 0 Å². The van der Waals surface area contributed by atoms with Crippen molar-refractivity contribution in [1.29, 1.82) is 0 Å². The van der Waals surface area contributed by atoms with E-state index in [1.165, 1.54) is 17.5 Å². The van der Waals surface area contributed by atoms with E-state index in [0.717, 1.165) is 4.70 Å². The standard InChI is InChI=1S/C15H10ClN3O2S/c16-8-1-3-9(4-2-8)19-15(21)12-5-10-11(14(17)20)6-18-7-13(10)22-12/h1-7H,(H2,17,20)(H,19,21). The van der Waals surface area contributed by atoms with Gasteiger partial charge in [0.2, 0.25) is 0 Å². The van der Waals surface area contributed by atoms with E-state index in [4.69, 9.17) is 17.3 Å². The van der Waals surface area contributed by atoms with Crippen LogP contribution in [0.25, 0.3) is 10.1 Å². The van der Waals surface area contributed by atoms with Gasteiger partial charge in [0.1, 0.15) is 0 Å². The molecule has 0 aliphatic carbocycles. The van der Waals surface area contributed by atoms with Crippen LogP contribution in [0.1, 0.15) is 20.0 Å². The molecule has 2 heterocycles. The number of primary amides is 1. The molecular weight excluding hydrogens is 322 g/mol. The van der Waals surface area contributed by atoms with Crippen molar-refractivity contribution in [2.45, 2.75) is 0 Å². The van der Waals surface area contributed by atoms with E-state index in [-0.39, 0.29) is 5.91 Å². The Hall–Kier alpha value is -2.44. The van der Waals surface area contributed by atoms with Crippen LogP contribution in [0.5, 0.6) is 0 Å². The van der Waals surface area contributed by atoms with Gasteiger partial charge < -0.3 is 11.1 Å². The predicted molar refractivity (Wildman–Crippen MR) is 87.5 cm³/mol. The van der Waals surface area contributed by atoms with Gasteiger partial charge >= 0.3 is 0 Å². The van der Waals surface area contributed by atoms with Crippen LogP contribution in [0, 0.1) is 0 Å². The van der Waals surface area contributed by atoms with Gasteiger partial charge in [-0.25, -0.2) is 0 Å². The second-order valence-corrected chi connectivity index (χ2v) is 6.06. The summed E-state index contributed by atoms with van der Waals surface area (Å²) in [7, 11) is 0. The molecule has 0 bridgehead atoms. The number of fused-ring (bicyclic) bond motifs is 1. The number of hydrogen-bond donors (Lipinski definition) is 2. The Labute approximate surface area is 134 Å². The number of carbonyl (C=O) groups excluding carboxylic acids is 2. The van der Waals surface area contributed by atoms with E-state index < -0.39 is 5.91 Å². The van der Waals surface area contributed by atoms with Crippen molar-refractivity contribution < 1.29 is 9.59 Å². The Morgan fingerprint density at radius 2 is 1.91 bits per heavy atom. The second-order valence-electron chi connectivity index (χ2n) is 4.53. The fraction of sp³-hybridized carbons (Fsp3) is 0. The Balaban J connectivity index is 1.93. The molecule has 0 atom stereocenters. The summed E-state index contributed by atoms with van der Waals surface area (Å²) in [6.45, 7) is 0. The van der Waals surface area contributed by atoms with Crippen molar-refractivity contribution in [3.8, 4) is 0 Å². The molecule has 3 rings (SSSR count). The first-order chi connectivity index (χ1) is 10.5. The molecule has 0 saturated carbocycles. The highest BCUT2D eigenvalue weighted by atomic mass is 35.5. The molecule has 7 heteroatoms. The molecule has 0 fully saturated rings. The predicted octanol–water partition coefficient (Wildman–Crippen LogP) is 3.30.